The van der Waals surface area contributed by atoms with E-state index >= 15 is 0 Å². The van der Waals surface area contributed by atoms with Crippen molar-refractivity contribution in [2.45, 2.75) is 0 Å². The summed E-state index contributed by atoms with van der Waals surface area (Å²) in [6, 6.07) is 17.2. The zero-order valence-corrected chi connectivity index (χ0v) is 16.3. The van der Waals surface area contributed by atoms with E-state index in [1.807, 2.05) is 6.07 Å². The number of nitrogens with one attached hydrogen (secondary N) is 1. The van der Waals surface area contributed by atoms with Crippen LogP contribution >= 0.6 is 0 Å². The summed E-state index contributed by atoms with van der Waals surface area (Å²) < 4.78 is 7.45. The van der Waals surface area contributed by atoms with Gasteiger partial charge in [0.15, 0.2) is 5.65 Å². The predicted octanol–water partition coefficient (Wildman–Crippen LogP) is 2.35. The van der Waals surface area contributed by atoms with Gasteiger partial charge in [-0.3, -0.25) is 14.2 Å². The molecule has 0 aliphatic carbocycles. The van der Waals surface area contributed by atoms with E-state index in [1.165, 1.54) is 23.9 Å². The number of amides is 1. The third-order valence-corrected chi connectivity index (χ3v) is 4.72. The van der Waals surface area contributed by atoms with Gasteiger partial charge in [0, 0.05) is 18.9 Å². The van der Waals surface area contributed by atoms with Crippen molar-refractivity contribution in [2.75, 3.05) is 12.4 Å². The number of hydrogen-bond acceptors (Lipinski definition) is 5. The Bertz CT molecular complexity index is 1360. The van der Waals surface area contributed by atoms with Crippen LogP contribution in [0.1, 0.15) is 10.4 Å². The number of fused-ring (bicyclic) bond motifs is 1. The van der Waals surface area contributed by atoms with Crippen LogP contribution in [-0.2, 0) is 7.05 Å². The van der Waals surface area contributed by atoms with Gasteiger partial charge in [-0.2, -0.15) is 0 Å². The number of ether oxygens (including phenoxy) is 1. The van der Waals surface area contributed by atoms with E-state index in [0.29, 0.717) is 17.1 Å². The lowest BCUT2D eigenvalue weighted by Crippen LogP contribution is -2.38. The standard InChI is InChI=1S/C22H18N4O4/c1-25-21(28)18-12-14(20(27)24-15-8-10-17(30-2)11-9-15)13-23-19(18)26(22(25)29)16-6-4-3-5-7-16/h3-13H,1-2H3,(H,24,27). The van der Waals surface area contributed by atoms with E-state index in [2.05, 4.69) is 10.3 Å². The highest BCUT2D eigenvalue weighted by Crippen LogP contribution is 2.17. The van der Waals surface area contributed by atoms with Gasteiger partial charge in [-0.25, -0.2) is 14.3 Å². The molecule has 0 spiro atoms. The summed E-state index contributed by atoms with van der Waals surface area (Å²) in [7, 11) is 2.96. The number of methoxy groups -OCH3 is 1. The topological polar surface area (TPSA) is 95.2 Å². The Morgan fingerprint density at radius 1 is 1.03 bits per heavy atom. The number of rotatable bonds is 4. The molecule has 0 atom stereocenters. The van der Waals surface area contributed by atoms with Gasteiger partial charge in [-0.1, -0.05) is 18.2 Å². The minimum absolute atomic E-state index is 0.170. The van der Waals surface area contributed by atoms with Crippen LogP contribution in [0.4, 0.5) is 5.69 Å². The third-order valence-electron chi connectivity index (χ3n) is 4.72. The average Bonchev–Trinajstić information content (AvgIpc) is 2.78. The third kappa shape index (κ3) is 3.35. The smallest absolute Gasteiger partial charge is 0.337 e. The summed E-state index contributed by atoms with van der Waals surface area (Å²) in [6.45, 7) is 0. The number of nitrogens with zero attached hydrogens (tertiary/aromatic N) is 3. The van der Waals surface area contributed by atoms with E-state index in [-0.39, 0.29) is 16.6 Å². The first-order valence-electron chi connectivity index (χ1n) is 9.12. The Kier molecular flexibility index (Phi) is 4.89. The molecule has 2 aromatic carbocycles. The van der Waals surface area contributed by atoms with Crippen LogP contribution in [0.3, 0.4) is 0 Å². The van der Waals surface area contributed by atoms with Gasteiger partial charge in [0.2, 0.25) is 0 Å². The van der Waals surface area contributed by atoms with E-state index in [4.69, 9.17) is 4.74 Å². The summed E-state index contributed by atoms with van der Waals surface area (Å²) in [5.74, 6) is 0.247. The van der Waals surface area contributed by atoms with E-state index in [1.54, 1.807) is 55.6 Å². The molecule has 2 aromatic heterocycles. The second-order valence-electron chi connectivity index (χ2n) is 6.60. The Morgan fingerprint density at radius 2 is 1.73 bits per heavy atom. The molecule has 1 amide bonds. The molecule has 0 unspecified atom stereocenters. The predicted molar refractivity (Wildman–Crippen MR) is 114 cm³/mol. The van der Waals surface area contributed by atoms with Gasteiger partial charge < -0.3 is 10.1 Å². The first-order chi connectivity index (χ1) is 14.5. The lowest BCUT2D eigenvalue weighted by Gasteiger charge is -2.12. The molecular weight excluding hydrogens is 384 g/mol. The fourth-order valence-electron chi connectivity index (χ4n) is 3.11. The van der Waals surface area contributed by atoms with Crippen LogP contribution in [0.15, 0.2) is 76.4 Å². The molecule has 2 heterocycles. The molecule has 30 heavy (non-hydrogen) atoms. The van der Waals surface area contributed by atoms with Crippen molar-refractivity contribution in [2.24, 2.45) is 7.05 Å². The van der Waals surface area contributed by atoms with Gasteiger partial charge in [0.05, 0.1) is 23.7 Å². The lowest BCUT2D eigenvalue weighted by molar-refractivity contribution is 0.102. The number of aromatic nitrogens is 3. The highest BCUT2D eigenvalue weighted by molar-refractivity contribution is 6.05. The maximum Gasteiger partial charge on any atom is 0.337 e. The van der Waals surface area contributed by atoms with Gasteiger partial charge in [0.25, 0.3) is 11.5 Å². The number of hydrogen-bond donors (Lipinski definition) is 1. The number of carbonyl (C=O) groups is 1. The first kappa shape index (κ1) is 19.1. The van der Waals surface area contributed by atoms with Crippen molar-refractivity contribution in [3.63, 3.8) is 0 Å². The summed E-state index contributed by atoms with van der Waals surface area (Å²) in [5.41, 5.74) is 0.508. The van der Waals surface area contributed by atoms with Gasteiger partial charge in [-0.15, -0.1) is 0 Å². The molecule has 0 aliphatic heterocycles. The Labute approximate surface area is 171 Å². The molecule has 0 saturated carbocycles. The highest BCUT2D eigenvalue weighted by Gasteiger charge is 2.16. The minimum Gasteiger partial charge on any atom is -0.497 e. The molecular formula is C22H18N4O4. The largest absolute Gasteiger partial charge is 0.497 e. The van der Waals surface area contributed by atoms with Crippen LogP contribution < -0.4 is 21.3 Å². The molecule has 0 radical (unpaired) electrons. The maximum atomic E-state index is 12.7. The highest BCUT2D eigenvalue weighted by atomic mass is 16.5. The van der Waals surface area contributed by atoms with Crippen molar-refractivity contribution in [3.8, 4) is 11.4 Å². The fourth-order valence-corrected chi connectivity index (χ4v) is 3.11. The van der Waals surface area contributed by atoms with Gasteiger partial charge >= 0.3 is 5.69 Å². The summed E-state index contributed by atoms with van der Waals surface area (Å²) in [6.07, 6.45) is 1.35. The molecule has 0 bridgehead atoms. The van der Waals surface area contributed by atoms with Crippen LogP contribution in [0, 0.1) is 0 Å². The SMILES string of the molecule is COc1ccc(NC(=O)c2cnc3c(c2)c(=O)n(C)c(=O)n3-c2ccccc2)cc1. The minimum atomic E-state index is -0.520. The quantitative estimate of drug-likeness (QED) is 0.565. The zero-order valence-electron chi connectivity index (χ0n) is 16.3. The van der Waals surface area contributed by atoms with Crippen LogP contribution in [-0.4, -0.2) is 27.1 Å². The normalized spacial score (nSPS) is 10.7. The number of anilines is 1. The molecule has 8 heteroatoms. The zero-order chi connectivity index (χ0) is 21.3. The molecule has 4 rings (SSSR count). The lowest BCUT2D eigenvalue weighted by atomic mass is 10.2. The van der Waals surface area contributed by atoms with Gasteiger partial charge in [-0.05, 0) is 42.5 Å². The molecule has 150 valence electrons. The average molecular weight is 402 g/mol. The van der Waals surface area contributed by atoms with Crippen molar-refractivity contribution in [1.82, 2.24) is 14.1 Å². The van der Waals surface area contributed by atoms with E-state index < -0.39 is 17.2 Å². The molecule has 4 aromatic rings. The van der Waals surface area contributed by atoms with Crippen molar-refractivity contribution < 1.29 is 9.53 Å². The van der Waals surface area contributed by atoms with E-state index in [9.17, 15) is 14.4 Å². The number of pyridine rings is 1. The van der Waals surface area contributed by atoms with Crippen molar-refractivity contribution in [1.29, 1.82) is 0 Å². The monoisotopic (exact) mass is 402 g/mol. The van der Waals surface area contributed by atoms with Crippen LogP contribution in [0.5, 0.6) is 5.75 Å². The summed E-state index contributed by atoms with van der Waals surface area (Å²) in [5, 5.41) is 2.92. The first-order valence-corrected chi connectivity index (χ1v) is 9.12. The Balaban J connectivity index is 1.80. The maximum absolute atomic E-state index is 12.7. The van der Waals surface area contributed by atoms with E-state index in [0.717, 1.165) is 4.57 Å². The summed E-state index contributed by atoms with van der Waals surface area (Å²) >= 11 is 0. The number of benzene rings is 2. The molecule has 0 aliphatic rings. The van der Waals surface area contributed by atoms with Crippen LogP contribution in [0.25, 0.3) is 16.7 Å². The van der Waals surface area contributed by atoms with Crippen LogP contribution in [0.2, 0.25) is 0 Å². The van der Waals surface area contributed by atoms with Crippen molar-refractivity contribution in [3.05, 3.63) is 93.3 Å². The van der Waals surface area contributed by atoms with Crippen molar-refractivity contribution >= 4 is 22.6 Å². The second kappa shape index (κ2) is 7.67. The Hall–Kier alpha value is -4.20. The molecule has 1 N–H and O–H groups in total. The number of carbonyl (C=O) groups excluding carboxylic acids is 1. The Morgan fingerprint density at radius 3 is 2.40 bits per heavy atom. The van der Waals surface area contributed by atoms with Gasteiger partial charge in [0.1, 0.15) is 5.75 Å². The molecule has 0 saturated heterocycles. The fraction of sp³-hybridized carbons (Fsp3) is 0.0909. The molecule has 0 fully saturated rings. The summed E-state index contributed by atoms with van der Waals surface area (Å²) in [4.78, 5) is 42.4. The second-order valence-corrected chi connectivity index (χ2v) is 6.60. The molecule has 8 nitrogen and oxygen atoms in total. The number of para-hydroxylation sites is 1.